The molecule has 0 heterocycles. The van der Waals surface area contributed by atoms with Crippen LogP contribution in [0.5, 0.6) is 0 Å². The molecule has 116 valence electrons. The predicted octanol–water partition coefficient (Wildman–Crippen LogP) is 4.01. The summed E-state index contributed by atoms with van der Waals surface area (Å²) in [6.07, 6.45) is 7.34. The SMILES string of the molecule is CCOC1CC([C@H]2C[C@@H]3CC[C@@]2(C)C3(C)C)CCC1O. The van der Waals surface area contributed by atoms with Gasteiger partial charge in [-0.15, -0.1) is 0 Å². The highest BCUT2D eigenvalue weighted by Gasteiger charge is 2.62. The highest BCUT2D eigenvalue weighted by Crippen LogP contribution is 2.70. The highest BCUT2D eigenvalue weighted by molar-refractivity contribution is 5.11. The molecule has 2 nitrogen and oxygen atoms in total. The maximum absolute atomic E-state index is 10.1. The summed E-state index contributed by atoms with van der Waals surface area (Å²) in [5.74, 6) is 2.55. The van der Waals surface area contributed by atoms with Crippen molar-refractivity contribution in [1.29, 1.82) is 0 Å². The van der Waals surface area contributed by atoms with Gasteiger partial charge in [0.05, 0.1) is 12.2 Å². The molecular formula is C18H32O2. The van der Waals surface area contributed by atoms with Crippen LogP contribution in [0.4, 0.5) is 0 Å². The molecule has 0 amide bonds. The van der Waals surface area contributed by atoms with Crippen molar-refractivity contribution in [1.82, 2.24) is 0 Å². The third kappa shape index (κ3) is 1.98. The van der Waals surface area contributed by atoms with Crippen LogP contribution in [0.3, 0.4) is 0 Å². The van der Waals surface area contributed by atoms with E-state index in [0.29, 0.717) is 10.8 Å². The number of hydrogen-bond acceptors (Lipinski definition) is 2. The zero-order valence-corrected chi connectivity index (χ0v) is 13.7. The number of aliphatic hydroxyl groups is 1. The topological polar surface area (TPSA) is 29.5 Å². The molecule has 2 bridgehead atoms. The number of aliphatic hydroxyl groups excluding tert-OH is 1. The predicted molar refractivity (Wildman–Crippen MR) is 81.5 cm³/mol. The number of ether oxygens (including phenoxy) is 1. The Morgan fingerprint density at radius 1 is 1.10 bits per heavy atom. The van der Waals surface area contributed by atoms with Gasteiger partial charge >= 0.3 is 0 Å². The van der Waals surface area contributed by atoms with Crippen LogP contribution in [-0.2, 0) is 4.74 Å². The van der Waals surface area contributed by atoms with E-state index in [1.165, 1.54) is 25.7 Å². The van der Waals surface area contributed by atoms with Crippen molar-refractivity contribution in [2.24, 2.45) is 28.6 Å². The van der Waals surface area contributed by atoms with Crippen molar-refractivity contribution in [3.63, 3.8) is 0 Å². The second kappa shape index (κ2) is 4.98. The standard InChI is InChI=1S/C18H32O2/c1-5-20-16-10-12(6-7-15(16)19)14-11-13-8-9-18(14,4)17(13,2)3/h12-16,19H,5-11H2,1-4H3/t12?,13-,14+,15?,16?,18+/m0/s1. The molecule has 3 aliphatic carbocycles. The van der Waals surface area contributed by atoms with E-state index in [9.17, 15) is 5.11 Å². The van der Waals surface area contributed by atoms with Crippen molar-refractivity contribution >= 4 is 0 Å². The first kappa shape index (κ1) is 14.8. The van der Waals surface area contributed by atoms with E-state index < -0.39 is 0 Å². The first-order chi connectivity index (χ1) is 9.40. The lowest BCUT2D eigenvalue weighted by molar-refractivity contribution is -0.0847. The van der Waals surface area contributed by atoms with E-state index in [1.54, 1.807) is 0 Å². The highest BCUT2D eigenvalue weighted by atomic mass is 16.5. The van der Waals surface area contributed by atoms with Gasteiger partial charge in [0.1, 0.15) is 0 Å². The van der Waals surface area contributed by atoms with E-state index in [0.717, 1.165) is 37.2 Å². The summed E-state index contributed by atoms with van der Waals surface area (Å²) in [6.45, 7) is 10.3. The lowest BCUT2D eigenvalue weighted by Crippen LogP contribution is -2.42. The number of rotatable bonds is 3. The zero-order valence-electron chi connectivity index (χ0n) is 13.7. The van der Waals surface area contributed by atoms with Crippen LogP contribution >= 0.6 is 0 Å². The second-order valence-corrected chi connectivity index (χ2v) is 8.35. The first-order valence-electron chi connectivity index (χ1n) is 8.69. The molecule has 0 saturated heterocycles. The first-order valence-corrected chi connectivity index (χ1v) is 8.69. The summed E-state index contributed by atoms with van der Waals surface area (Å²) in [5, 5.41) is 10.1. The van der Waals surface area contributed by atoms with Gasteiger partial charge in [0.15, 0.2) is 0 Å². The molecule has 3 saturated carbocycles. The van der Waals surface area contributed by atoms with Gasteiger partial charge in [-0.3, -0.25) is 0 Å². The Bertz CT molecular complexity index is 364. The Balaban J connectivity index is 1.75. The van der Waals surface area contributed by atoms with Crippen LogP contribution in [0.25, 0.3) is 0 Å². The fourth-order valence-electron chi connectivity index (χ4n) is 5.88. The normalized spacial score (nSPS) is 50.5. The monoisotopic (exact) mass is 280 g/mol. The summed E-state index contributed by atoms with van der Waals surface area (Å²) < 4.78 is 5.80. The summed E-state index contributed by atoms with van der Waals surface area (Å²) in [6, 6.07) is 0. The largest absolute Gasteiger partial charge is 0.390 e. The fourth-order valence-corrected chi connectivity index (χ4v) is 5.88. The summed E-state index contributed by atoms with van der Waals surface area (Å²) in [5.41, 5.74) is 1.02. The molecule has 3 fully saturated rings. The van der Waals surface area contributed by atoms with Crippen LogP contribution < -0.4 is 0 Å². The van der Waals surface area contributed by atoms with E-state index in [4.69, 9.17) is 4.74 Å². The molecule has 3 rings (SSSR count). The average Bonchev–Trinajstić information content (AvgIpc) is 2.74. The summed E-state index contributed by atoms with van der Waals surface area (Å²) in [4.78, 5) is 0. The molecule has 6 atom stereocenters. The van der Waals surface area contributed by atoms with Crippen LogP contribution in [0.1, 0.15) is 66.2 Å². The molecule has 0 spiro atoms. The Morgan fingerprint density at radius 3 is 2.40 bits per heavy atom. The van der Waals surface area contributed by atoms with Crippen LogP contribution in [-0.4, -0.2) is 23.9 Å². The number of hydrogen-bond donors (Lipinski definition) is 1. The minimum atomic E-state index is -0.231. The van der Waals surface area contributed by atoms with Gasteiger partial charge in [-0.1, -0.05) is 20.8 Å². The molecule has 20 heavy (non-hydrogen) atoms. The van der Waals surface area contributed by atoms with Crippen molar-refractivity contribution in [3.05, 3.63) is 0 Å². The fraction of sp³-hybridized carbons (Fsp3) is 1.00. The minimum absolute atomic E-state index is 0.0876. The van der Waals surface area contributed by atoms with Gasteiger partial charge in [-0.05, 0) is 74.0 Å². The van der Waals surface area contributed by atoms with Crippen LogP contribution in [0, 0.1) is 28.6 Å². The lowest BCUT2D eigenvalue weighted by atomic mass is 9.61. The molecule has 2 heteroatoms. The number of fused-ring (bicyclic) bond motifs is 2. The van der Waals surface area contributed by atoms with Crippen LogP contribution in [0.15, 0.2) is 0 Å². The van der Waals surface area contributed by atoms with Crippen molar-refractivity contribution in [2.45, 2.75) is 78.4 Å². The van der Waals surface area contributed by atoms with E-state index in [-0.39, 0.29) is 12.2 Å². The molecule has 0 aromatic heterocycles. The van der Waals surface area contributed by atoms with Gasteiger partial charge in [0, 0.05) is 6.61 Å². The Hall–Kier alpha value is -0.0800. The van der Waals surface area contributed by atoms with Crippen molar-refractivity contribution in [2.75, 3.05) is 6.61 Å². The van der Waals surface area contributed by atoms with Gasteiger partial charge < -0.3 is 9.84 Å². The maximum atomic E-state index is 10.1. The van der Waals surface area contributed by atoms with Crippen molar-refractivity contribution < 1.29 is 9.84 Å². The molecule has 0 aromatic carbocycles. The van der Waals surface area contributed by atoms with Crippen LogP contribution in [0.2, 0.25) is 0 Å². The Kier molecular flexibility index (Phi) is 3.70. The molecule has 1 N–H and O–H groups in total. The van der Waals surface area contributed by atoms with Gasteiger partial charge in [0.25, 0.3) is 0 Å². The molecular weight excluding hydrogens is 248 g/mol. The summed E-state index contributed by atoms with van der Waals surface area (Å²) >= 11 is 0. The van der Waals surface area contributed by atoms with Gasteiger partial charge in [0.2, 0.25) is 0 Å². The molecule has 3 aliphatic rings. The third-order valence-corrected chi connectivity index (χ3v) is 7.61. The average molecular weight is 280 g/mol. The van der Waals surface area contributed by atoms with Gasteiger partial charge in [-0.2, -0.15) is 0 Å². The molecule has 0 aliphatic heterocycles. The lowest BCUT2D eigenvalue weighted by Gasteiger charge is -2.45. The van der Waals surface area contributed by atoms with E-state index >= 15 is 0 Å². The Morgan fingerprint density at radius 2 is 1.85 bits per heavy atom. The summed E-state index contributed by atoms with van der Waals surface area (Å²) in [7, 11) is 0. The van der Waals surface area contributed by atoms with Crippen molar-refractivity contribution in [3.8, 4) is 0 Å². The maximum Gasteiger partial charge on any atom is 0.0836 e. The zero-order chi connectivity index (χ0) is 14.5. The molecule has 3 unspecified atom stereocenters. The molecule has 0 radical (unpaired) electrons. The second-order valence-electron chi connectivity index (χ2n) is 8.35. The van der Waals surface area contributed by atoms with E-state index in [1.807, 2.05) is 6.92 Å². The minimum Gasteiger partial charge on any atom is -0.390 e. The Labute approximate surface area is 124 Å². The third-order valence-electron chi connectivity index (χ3n) is 7.61. The quantitative estimate of drug-likeness (QED) is 0.846. The van der Waals surface area contributed by atoms with Gasteiger partial charge in [-0.25, -0.2) is 0 Å². The molecule has 0 aromatic rings. The van der Waals surface area contributed by atoms with E-state index in [2.05, 4.69) is 20.8 Å². The smallest absolute Gasteiger partial charge is 0.0836 e.